The highest BCUT2D eigenvalue weighted by Crippen LogP contribution is 2.24. The lowest BCUT2D eigenvalue weighted by Gasteiger charge is -2.16. The summed E-state index contributed by atoms with van der Waals surface area (Å²) in [6.45, 7) is 6.50. The van der Waals surface area contributed by atoms with Crippen LogP contribution >= 0.6 is 0 Å². The third-order valence-corrected chi connectivity index (χ3v) is 3.85. The summed E-state index contributed by atoms with van der Waals surface area (Å²) in [5.74, 6) is 0.820. The molecule has 1 unspecified atom stereocenters. The van der Waals surface area contributed by atoms with Gasteiger partial charge in [-0.15, -0.1) is 0 Å². The van der Waals surface area contributed by atoms with Gasteiger partial charge in [-0.3, -0.25) is 4.79 Å². The Balaban J connectivity index is 2.47. The van der Waals surface area contributed by atoms with Crippen LogP contribution in [-0.2, 0) is 6.54 Å². The van der Waals surface area contributed by atoms with Crippen LogP contribution < -0.4 is 16.0 Å². The zero-order valence-corrected chi connectivity index (χ0v) is 13.0. The molecule has 1 aromatic carbocycles. The first-order chi connectivity index (χ1) is 9.99. The Kier molecular flexibility index (Phi) is 4.48. The van der Waals surface area contributed by atoms with Gasteiger partial charge in [0.2, 0.25) is 0 Å². The SMILES string of the molecule is CCn1c(C)ccc(C(N)c2ccc(OC)c(C)c2)c1=O. The summed E-state index contributed by atoms with van der Waals surface area (Å²) in [7, 11) is 1.64. The number of ether oxygens (including phenoxy) is 1. The van der Waals surface area contributed by atoms with Crippen LogP contribution in [0.25, 0.3) is 0 Å². The summed E-state index contributed by atoms with van der Waals surface area (Å²) in [5.41, 5.74) is 9.77. The molecule has 0 amide bonds. The number of hydrogen-bond donors (Lipinski definition) is 1. The van der Waals surface area contributed by atoms with Crippen LogP contribution in [0.1, 0.15) is 35.3 Å². The van der Waals surface area contributed by atoms with E-state index in [9.17, 15) is 4.79 Å². The van der Waals surface area contributed by atoms with Crippen LogP contribution in [0.5, 0.6) is 5.75 Å². The molecule has 0 spiro atoms. The molecule has 21 heavy (non-hydrogen) atoms. The highest BCUT2D eigenvalue weighted by molar-refractivity contribution is 5.40. The smallest absolute Gasteiger partial charge is 0.255 e. The second-order valence-electron chi connectivity index (χ2n) is 5.19. The van der Waals surface area contributed by atoms with Crippen molar-refractivity contribution in [3.8, 4) is 5.75 Å². The van der Waals surface area contributed by atoms with Gasteiger partial charge in [-0.25, -0.2) is 0 Å². The molecule has 0 saturated carbocycles. The molecule has 1 atom stereocenters. The van der Waals surface area contributed by atoms with Crippen molar-refractivity contribution in [2.24, 2.45) is 5.73 Å². The number of benzene rings is 1. The first-order valence-corrected chi connectivity index (χ1v) is 7.10. The maximum absolute atomic E-state index is 12.5. The molecular weight excluding hydrogens is 264 g/mol. The van der Waals surface area contributed by atoms with Gasteiger partial charge in [-0.2, -0.15) is 0 Å². The number of aromatic nitrogens is 1. The molecule has 0 fully saturated rings. The van der Waals surface area contributed by atoms with Crippen molar-refractivity contribution in [3.63, 3.8) is 0 Å². The Bertz CT molecular complexity index is 704. The van der Waals surface area contributed by atoms with Crippen LogP contribution in [0.4, 0.5) is 0 Å². The summed E-state index contributed by atoms with van der Waals surface area (Å²) < 4.78 is 7.00. The second kappa shape index (κ2) is 6.14. The fraction of sp³-hybridized carbons (Fsp3) is 0.353. The van der Waals surface area contributed by atoms with Gasteiger partial charge in [-0.05, 0) is 50.1 Å². The van der Waals surface area contributed by atoms with Crippen LogP contribution in [0.15, 0.2) is 35.1 Å². The molecule has 1 aromatic heterocycles. The topological polar surface area (TPSA) is 57.2 Å². The van der Waals surface area contributed by atoms with Gasteiger partial charge in [0.25, 0.3) is 5.56 Å². The highest BCUT2D eigenvalue weighted by Gasteiger charge is 2.15. The molecule has 4 heteroatoms. The number of rotatable bonds is 4. The Morgan fingerprint density at radius 3 is 2.52 bits per heavy atom. The lowest BCUT2D eigenvalue weighted by atomic mass is 9.98. The maximum atomic E-state index is 12.5. The van der Waals surface area contributed by atoms with Crippen molar-refractivity contribution in [1.29, 1.82) is 0 Å². The predicted octanol–water partition coefficient (Wildman–Crippen LogP) is 2.54. The minimum atomic E-state index is -0.430. The van der Waals surface area contributed by atoms with E-state index in [1.165, 1.54) is 0 Å². The average Bonchev–Trinajstić information content (AvgIpc) is 2.47. The molecule has 0 aliphatic heterocycles. The Hall–Kier alpha value is -2.07. The number of nitrogens with two attached hydrogens (primary N) is 1. The zero-order chi connectivity index (χ0) is 15.6. The number of nitrogens with zero attached hydrogens (tertiary/aromatic N) is 1. The molecule has 2 rings (SSSR count). The molecule has 1 heterocycles. The van der Waals surface area contributed by atoms with Gasteiger partial charge in [0.15, 0.2) is 0 Å². The zero-order valence-electron chi connectivity index (χ0n) is 13.0. The number of hydrogen-bond acceptors (Lipinski definition) is 3. The van der Waals surface area contributed by atoms with E-state index < -0.39 is 6.04 Å². The minimum absolute atomic E-state index is 0.0153. The molecule has 0 aliphatic carbocycles. The Labute approximate surface area is 125 Å². The number of aryl methyl sites for hydroxylation is 2. The van der Waals surface area contributed by atoms with Crippen molar-refractivity contribution in [1.82, 2.24) is 4.57 Å². The van der Waals surface area contributed by atoms with Gasteiger partial charge in [0.1, 0.15) is 5.75 Å². The number of pyridine rings is 1. The lowest BCUT2D eigenvalue weighted by Crippen LogP contribution is -2.29. The largest absolute Gasteiger partial charge is 0.496 e. The van der Waals surface area contributed by atoms with Gasteiger partial charge in [-0.1, -0.05) is 12.1 Å². The fourth-order valence-corrected chi connectivity index (χ4v) is 2.59. The predicted molar refractivity (Wildman–Crippen MR) is 84.9 cm³/mol. The standard InChI is InChI=1S/C17H22N2O2/c1-5-19-12(3)6-8-14(17(19)20)16(18)13-7-9-15(21-4)11(2)10-13/h6-10,16H,5,18H2,1-4H3. The van der Waals surface area contributed by atoms with E-state index >= 15 is 0 Å². The molecule has 0 saturated heterocycles. The summed E-state index contributed by atoms with van der Waals surface area (Å²) in [4.78, 5) is 12.5. The third kappa shape index (κ3) is 2.85. The molecule has 0 bridgehead atoms. The van der Waals surface area contributed by atoms with Crippen LogP contribution in [0.2, 0.25) is 0 Å². The van der Waals surface area contributed by atoms with Crippen LogP contribution in [0, 0.1) is 13.8 Å². The van der Waals surface area contributed by atoms with Crippen molar-refractivity contribution < 1.29 is 4.74 Å². The van der Waals surface area contributed by atoms with Crippen LogP contribution in [-0.4, -0.2) is 11.7 Å². The minimum Gasteiger partial charge on any atom is -0.496 e. The molecule has 2 N–H and O–H groups in total. The van der Waals surface area contributed by atoms with Crippen molar-refractivity contribution in [2.45, 2.75) is 33.4 Å². The van der Waals surface area contributed by atoms with E-state index in [1.54, 1.807) is 11.7 Å². The highest BCUT2D eigenvalue weighted by atomic mass is 16.5. The lowest BCUT2D eigenvalue weighted by molar-refractivity contribution is 0.411. The Morgan fingerprint density at radius 2 is 1.95 bits per heavy atom. The van der Waals surface area contributed by atoms with E-state index in [0.717, 1.165) is 22.6 Å². The van der Waals surface area contributed by atoms with E-state index in [2.05, 4.69) is 0 Å². The molecule has 0 aliphatic rings. The van der Waals surface area contributed by atoms with Crippen molar-refractivity contribution in [3.05, 3.63) is 63.1 Å². The molecular formula is C17H22N2O2. The first kappa shape index (κ1) is 15.3. The summed E-state index contributed by atoms with van der Waals surface area (Å²) >= 11 is 0. The summed E-state index contributed by atoms with van der Waals surface area (Å²) in [5, 5.41) is 0. The van der Waals surface area contributed by atoms with Gasteiger partial charge < -0.3 is 15.0 Å². The number of methoxy groups -OCH3 is 1. The molecule has 4 nitrogen and oxygen atoms in total. The van der Waals surface area contributed by atoms with Crippen molar-refractivity contribution >= 4 is 0 Å². The molecule has 0 radical (unpaired) electrons. The second-order valence-corrected chi connectivity index (χ2v) is 5.19. The quantitative estimate of drug-likeness (QED) is 0.939. The fourth-order valence-electron chi connectivity index (χ4n) is 2.59. The van der Waals surface area contributed by atoms with Gasteiger partial charge >= 0.3 is 0 Å². The summed E-state index contributed by atoms with van der Waals surface area (Å²) in [6, 6.07) is 9.10. The first-order valence-electron chi connectivity index (χ1n) is 7.10. The van der Waals surface area contributed by atoms with E-state index in [0.29, 0.717) is 12.1 Å². The van der Waals surface area contributed by atoms with E-state index in [4.69, 9.17) is 10.5 Å². The molecule has 112 valence electrons. The van der Waals surface area contributed by atoms with Crippen LogP contribution in [0.3, 0.4) is 0 Å². The summed E-state index contributed by atoms with van der Waals surface area (Å²) in [6.07, 6.45) is 0. The van der Waals surface area contributed by atoms with E-state index in [-0.39, 0.29) is 5.56 Å². The van der Waals surface area contributed by atoms with Crippen molar-refractivity contribution in [2.75, 3.05) is 7.11 Å². The monoisotopic (exact) mass is 286 g/mol. The van der Waals surface area contributed by atoms with Gasteiger partial charge in [0, 0.05) is 17.8 Å². The van der Waals surface area contributed by atoms with Gasteiger partial charge in [0.05, 0.1) is 13.2 Å². The Morgan fingerprint density at radius 1 is 1.24 bits per heavy atom. The average molecular weight is 286 g/mol. The maximum Gasteiger partial charge on any atom is 0.255 e. The molecule has 2 aromatic rings. The normalized spacial score (nSPS) is 12.2. The third-order valence-electron chi connectivity index (χ3n) is 3.85. The van der Waals surface area contributed by atoms with E-state index in [1.807, 2.05) is 51.1 Å².